The number of ether oxygens (including phenoxy) is 1. The van der Waals surface area contributed by atoms with Gasteiger partial charge < -0.3 is 20.5 Å². The predicted octanol–water partition coefficient (Wildman–Crippen LogP) is 6.52. The zero-order valence-corrected chi connectivity index (χ0v) is 26.2. The van der Waals surface area contributed by atoms with Crippen molar-refractivity contribution in [2.24, 2.45) is 5.92 Å². The summed E-state index contributed by atoms with van der Waals surface area (Å²) in [4.78, 5) is 24.4. The Bertz CT molecular complexity index is 1800. The number of nitrogen functional groups attached to an aromatic ring is 1. The molecular weight excluding hydrogens is 647 g/mol. The lowest BCUT2D eigenvalue weighted by Gasteiger charge is -2.31. The molecular formula is C32H32ClF5N6O3. The fourth-order valence-electron chi connectivity index (χ4n) is 7.48. The normalized spacial score (nSPS) is 23.5. The minimum atomic E-state index is -5.00. The van der Waals surface area contributed by atoms with Crippen molar-refractivity contribution in [2.75, 3.05) is 43.4 Å². The molecule has 2 aromatic carbocycles. The fourth-order valence-corrected chi connectivity index (χ4v) is 7.76. The Labute approximate surface area is 272 Å². The number of hydrogen-bond donors (Lipinski definition) is 2. The van der Waals surface area contributed by atoms with E-state index in [-0.39, 0.29) is 61.0 Å². The zero-order chi connectivity index (χ0) is 33.8. The summed E-state index contributed by atoms with van der Waals surface area (Å²) in [5.74, 6) is -2.61. The highest BCUT2D eigenvalue weighted by molar-refractivity contribution is 6.34. The van der Waals surface area contributed by atoms with E-state index in [1.165, 1.54) is 6.07 Å². The summed E-state index contributed by atoms with van der Waals surface area (Å²) in [6.07, 6.45) is -3.11. The van der Waals surface area contributed by atoms with E-state index in [1.54, 1.807) is 11.0 Å². The maximum Gasteiger partial charge on any atom is 0.417 e. The summed E-state index contributed by atoms with van der Waals surface area (Å²) in [6, 6.07) is 3.65. The largest absolute Gasteiger partial charge is 0.481 e. The number of carbonyl (C=O) groups is 1. The monoisotopic (exact) mass is 678 g/mol. The molecule has 0 spiro atoms. The van der Waals surface area contributed by atoms with E-state index in [2.05, 4.69) is 9.97 Å². The number of halogens is 6. The van der Waals surface area contributed by atoms with Gasteiger partial charge in [0.05, 0.1) is 33.3 Å². The topological polar surface area (TPSA) is 129 Å². The second-order valence-electron chi connectivity index (χ2n) is 12.6. The number of alkyl halides is 4. The lowest BCUT2D eigenvalue weighted by Crippen LogP contribution is -2.43. The Kier molecular flexibility index (Phi) is 8.59. The van der Waals surface area contributed by atoms with Crippen LogP contribution < -0.4 is 15.4 Å². The van der Waals surface area contributed by atoms with Crippen molar-refractivity contribution < 1.29 is 36.6 Å². The number of nitrogens with zero attached hydrogens (tertiary/aromatic N) is 5. The summed E-state index contributed by atoms with van der Waals surface area (Å²) in [7, 11) is 0. The fraction of sp³-hybridized carbons (Fsp3) is 0.500. The van der Waals surface area contributed by atoms with Gasteiger partial charge in [-0.3, -0.25) is 9.69 Å². The summed E-state index contributed by atoms with van der Waals surface area (Å²) < 4.78 is 80.7. The van der Waals surface area contributed by atoms with Crippen molar-refractivity contribution in [1.29, 1.82) is 5.26 Å². The molecule has 0 radical (unpaired) electrons. The molecule has 3 fully saturated rings. The number of carboxylic acid groups (broad SMARTS) is 1. The molecule has 47 heavy (non-hydrogen) atoms. The number of carboxylic acids is 1. The first-order valence-electron chi connectivity index (χ1n) is 15.3. The predicted molar refractivity (Wildman–Crippen MR) is 165 cm³/mol. The summed E-state index contributed by atoms with van der Waals surface area (Å²) in [6.45, 7) is 2.71. The van der Waals surface area contributed by atoms with Crippen molar-refractivity contribution in [2.45, 2.75) is 63.3 Å². The summed E-state index contributed by atoms with van der Waals surface area (Å²) in [5, 5.41) is 19.1. The highest BCUT2D eigenvalue weighted by Crippen LogP contribution is 2.48. The number of rotatable bonds is 6. The van der Waals surface area contributed by atoms with Crippen molar-refractivity contribution in [3.05, 3.63) is 39.7 Å². The molecule has 15 heteroatoms. The molecule has 9 nitrogen and oxygen atoms in total. The number of aromatic nitrogens is 2. The SMILES string of the molecule is Cc1cc(N)c(C#N)c(-c2c(Cl)cc3c(N4CCCC(C(=O)O)CC4)nc(OC[C@@]45CCCN4C[C@H](F)C5)nc3c2F)c1C(F)(F)F. The van der Waals surface area contributed by atoms with Crippen LogP contribution in [0.3, 0.4) is 0 Å². The van der Waals surface area contributed by atoms with Crippen LogP contribution >= 0.6 is 11.6 Å². The third-order valence-corrected chi connectivity index (χ3v) is 9.95. The average Bonchev–Trinajstić information content (AvgIpc) is 3.38. The van der Waals surface area contributed by atoms with Crippen LogP contribution in [0, 0.1) is 30.0 Å². The Morgan fingerprint density at radius 2 is 1.98 bits per heavy atom. The van der Waals surface area contributed by atoms with Gasteiger partial charge in [-0.25, -0.2) is 8.78 Å². The molecule has 3 aliphatic heterocycles. The lowest BCUT2D eigenvalue weighted by atomic mass is 9.89. The molecule has 3 aromatic rings. The third kappa shape index (κ3) is 5.88. The van der Waals surface area contributed by atoms with Crippen molar-refractivity contribution in [1.82, 2.24) is 14.9 Å². The zero-order valence-electron chi connectivity index (χ0n) is 25.4. The number of fused-ring (bicyclic) bond motifs is 2. The van der Waals surface area contributed by atoms with Crippen molar-refractivity contribution in [3.63, 3.8) is 0 Å². The molecule has 6 rings (SSSR count). The number of aliphatic carboxylic acids is 1. The smallest absolute Gasteiger partial charge is 0.417 e. The van der Waals surface area contributed by atoms with Crippen molar-refractivity contribution >= 4 is 40.0 Å². The van der Waals surface area contributed by atoms with Crippen LogP contribution in [0.5, 0.6) is 6.01 Å². The van der Waals surface area contributed by atoms with Crippen LogP contribution in [0.2, 0.25) is 5.02 Å². The summed E-state index contributed by atoms with van der Waals surface area (Å²) >= 11 is 6.59. The molecule has 3 N–H and O–H groups in total. The minimum absolute atomic E-state index is 0.00668. The van der Waals surface area contributed by atoms with Gasteiger partial charge >= 0.3 is 18.2 Å². The quantitative estimate of drug-likeness (QED) is 0.221. The molecule has 0 saturated carbocycles. The first kappa shape index (κ1) is 33.0. The Morgan fingerprint density at radius 3 is 2.68 bits per heavy atom. The molecule has 1 unspecified atom stereocenters. The maximum atomic E-state index is 16.8. The molecule has 0 aliphatic carbocycles. The van der Waals surface area contributed by atoms with Gasteiger partial charge in [0.25, 0.3) is 0 Å². The Balaban J connectivity index is 1.54. The number of nitriles is 1. The highest BCUT2D eigenvalue weighted by atomic mass is 35.5. The third-order valence-electron chi connectivity index (χ3n) is 9.65. The molecule has 4 heterocycles. The number of hydrogen-bond acceptors (Lipinski definition) is 8. The van der Waals surface area contributed by atoms with E-state index >= 15 is 4.39 Å². The molecule has 0 amide bonds. The number of benzene rings is 2. The Morgan fingerprint density at radius 1 is 1.21 bits per heavy atom. The van der Waals surface area contributed by atoms with Crippen LogP contribution in [0.15, 0.2) is 12.1 Å². The first-order chi connectivity index (χ1) is 22.2. The second-order valence-corrected chi connectivity index (χ2v) is 13.0. The molecule has 250 valence electrons. The molecule has 3 saturated heterocycles. The number of nitrogens with two attached hydrogens (primary N) is 1. The standard InChI is InChI=1S/C32H32ClF5N6O3/c1-16-10-22(40)20(13-39)23(25(16)32(36,37)38)24-21(33)11-19-27(26(24)35)41-30(47-15-31-6-3-8-44(31)14-18(34)12-31)42-28(19)43-7-2-4-17(5-9-43)29(45)46/h10-11,17-18H,2-9,12,14-15,40H2,1H3,(H,45,46)/t17?,18-,31+/m1/s1. The molecule has 3 atom stereocenters. The van der Waals surface area contributed by atoms with Crippen LogP contribution in [-0.4, -0.2) is 70.4 Å². The second kappa shape index (κ2) is 12.2. The molecule has 3 aliphatic rings. The van der Waals surface area contributed by atoms with Gasteiger partial charge in [-0.05, 0) is 63.3 Å². The minimum Gasteiger partial charge on any atom is -0.481 e. The molecule has 0 bridgehead atoms. The van der Waals surface area contributed by atoms with Crippen LogP contribution in [-0.2, 0) is 11.0 Å². The van der Waals surface area contributed by atoms with E-state index in [0.717, 1.165) is 19.4 Å². The van der Waals surface area contributed by atoms with Gasteiger partial charge in [-0.1, -0.05) is 11.6 Å². The Hall–Kier alpha value is -3.96. The van der Waals surface area contributed by atoms with Crippen LogP contribution in [0.4, 0.5) is 33.5 Å². The van der Waals surface area contributed by atoms with Crippen LogP contribution in [0.25, 0.3) is 22.0 Å². The van der Waals surface area contributed by atoms with Crippen molar-refractivity contribution in [3.8, 4) is 23.2 Å². The van der Waals surface area contributed by atoms with Crippen LogP contribution in [0.1, 0.15) is 55.2 Å². The van der Waals surface area contributed by atoms with E-state index < -0.39 is 68.4 Å². The van der Waals surface area contributed by atoms with Gasteiger partial charge in [0, 0.05) is 42.6 Å². The molecule has 1 aromatic heterocycles. The van der Waals surface area contributed by atoms with Gasteiger partial charge in [0.2, 0.25) is 0 Å². The van der Waals surface area contributed by atoms with Gasteiger partial charge in [0.1, 0.15) is 30.2 Å². The van der Waals surface area contributed by atoms with Gasteiger partial charge in [-0.2, -0.15) is 28.4 Å². The highest BCUT2D eigenvalue weighted by Gasteiger charge is 2.49. The lowest BCUT2D eigenvalue weighted by molar-refractivity contribution is -0.142. The van der Waals surface area contributed by atoms with E-state index in [4.69, 9.17) is 22.1 Å². The maximum absolute atomic E-state index is 16.8. The van der Waals surface area contributed by atoms with Gasteiger partial charge in [0.15, 0.2) is 5.82 Å². The summed E-state index contributed by atoms with van der Waals surface area (Å²) in [5.41, 5.74) is 0.992. The number of anilines is 2. The van der Waals surface area contributed by atoms with E-state index in [9.17, 15) is 32.7 Å². The average molecular weight is 679 g/mol. The van der Waals surface area contributed by atoms with Gasteiger partial charge in [-0.15, -0.1) is 0 Å². The van der Waals surface area contributed by atoms with E-state index in [0.29, 0.717) is 32.4 Å². The van der Waals surface area contributed by atoms with E-state index in [1.807, 2.05) is 4.90 Å². The number of aryl methyl sites for hydroxylation is 1. The first-order valence-corrected chi connectivity index (χ1v) is 15.7.